The van der Waals surface area contributed by atoms with Crippen LogP contribution in [0.2, 0.25) is 0 Å². The number of ether oxygens (including phenoxy) is 6. The zero-order valence-corrected chi connectivity index (χ0v) is 30.8. The molecule has 0 aromatic heterocycles. The van der Waals surface area contributed by atoms with E-state index < -0.39 is 54.4 Å². The maximum Gasteiger partial charge on any atom is 0.338 e. The van der Waals surface area contributed by atoms with Crippen molar-refractivity contribution in [2.45, 2.75) is 58.2 Å². The first kappa shape index (κ1) is 38.5. The molecule has 10 nitrogen and oxygen atoms in total. The van der Waals surface area contributed by atoms with Gasteiger partial charge in [-0.25, -0.2) is 14.4 Å². The molecule has 5 atom stereocenters. The smallest absolute Gasteiger partial charge is 0.338 e. The molecule has 6 rings (SSSR count). The third kappa shape index (κ3) is 10.0. The Morgan fingerprint density at radius 2 is 1.16 bits per heavy atom. The van der Waals surface area contributed by atoms with Gasteiger partial charge in [-0.2, -0.15) is 0 Å². The number of hydrogen-bond acceptors (Lipinski definition) is 10. The van der Waals surface area contributed by atoms with Gasteiger partial charge in [0.25, 0.3) is 0 Å². The SMILES string of the molecule is CCc1ccc(Cc2ccc(OC(C)=O)cc2O[C@@H]2O[C@H](COC(=O)c3ccccc3)[C@@H](C)[C@H](OC(=O)c3ccccc3)[C@H]2OC(=O)c2ccccc2)cc1. The summed E-state index contributed by atoms with van der Waals surface area (Å²) in [7, 11) is 0. The van der Waals surface area contributed by atoms with Crippen molar-refractivity contribution in [3.8, 4) is 11.5 Å². The Morgan fingerprint density at radius 3 is 1.71 bits per heavy atom. The zero-order valence-electron chi connectivity index (χ0n) is 30.8. The monoisotopic (exact) mass is 742 g/mol. The summed E-state index contributed by atoms with van der Waals surface area (Å²) >= 11 is 0. The quantitative estimate of drug-likeness (QED) is 0.0671. The summed E-state index contributed by atoms with van der Waals surface area (Å²) in [5.41, 5.74) is 3.78. The lowest BCUT2D eigenvalue weighted by Crippen LogP contribution is -2.59. The first-order valence-electron chi connectivity index (χ1n) is 18.1. The Labute approximate surface area is 319 Å². The predicted molar refractivity (Wildman–Crippen MR) is 203 cm³/mol. The first-order valence-corrected chi connectivity index (χ1v) is 18.1. The maximum absolute atomic E-state index is 13.7. The van der Waals surface area contributed by atoms with Gasteiger partial charge >= 0.3 is 23.9 Å². The number of carbonyl (C=O) groups is 4. The molecule has 5 aromatic rings. The average Bonchev–Trinajstić information content (AvgIpc) is 3.21. The van der Waals surface area contributed by atoms with Crippen molar-refractivity contribution in [1.29, 1.82) is 0 Å². The van der Waals surface area contributed by atoms with Gasteiger partial charge in [0.05, 0.1) is 16.7 Å². The average molecular weight is 743 g/mol. The summed E-state index contributed by atoms with van der Waals surface area (Å²) in [6.45, 7) is 4.90. The van der Waals surface area contributed by atoms with Crippen molar-refractivity contribution in [1.82, 2.24) is 0 Å². The molecule has 0 bridgehead atoms. The van der Waals surface area contributed by atoms with Gasteiger partial charge < -0.3 is 28.4 Å². The zero-order chi connectivity index (χ0) is 38.7. The van der Waals surface area contributed by atoms with Gasteiger partial charge in [-0.05, 0) is 65.6 Å². The van der Waals surface area contributed by atoms with Crippen molar-refractivity contribution in [2.75, 3.05) is 6.61 Å². The van der Waals surface area contributed by atoms with Gasteiger partial charge in [-0.15, -0.1) is 0 Å². The minimum absolute atomic E-state index is 0.218. The second-order valence-corrected chi connectivity index (χ2v) is 13.2. The van der Waals surface area contributed by atoms with Crippen LogP contribution in [0.15, 0.2) is 133 Å². The highest BCUT2D eigenvalue weighted by Crippen LogP contribution is 2.36. The summed E-state index contributed by atoms with van der Waals surface area (Å²) in [6.07, 6.45) is -3.41. The van der Waals surface area contributed by atoms with Crippen LogP contribution < -0.4 is 9.47 Å². The van der Waals surface area contributed by atoms with E-state index in [1.165, 1.54) is 12.5 Å². The standard InChI is InChI=1S/C45H42O10/c1-4-31-20-22-32(23-21-31)26-36-24-25-37(51-30(3)46)27-38(36)52-45-41(55-44(49)35-18-12-7-13-19-35)40(54-43(48)34-16-10-6-11-17-34)29(2)39(53-45)28-50-42(47)33-14-8-5-9-15-33/h5-25,27,29,39-41,45H,4,26,28H2,1-3H3/t29-,39-,40+,41-,45-/m1/s1. The Bertz CT molecular complexity index is 2070. The summed E-state index contributed by atoms with van der Waals surface area (Å²) in [5, 5.41) is 0. The molecule has 282 valence electrons. The molecule has 0 aliphatic carbocycles. The molecule has 1 fully saturated rings. The van der Waals surface area contributed by atoms with E-state index in [9.17, 15) is 19.2 Å². The van der Waals surface area contributed by atoms with Crippen molar-refractivity contribution in [3.63, 3.8) is 0 Å². The molecule has 5 aromatic carbocycles. The van der Waals surface area contributed by atoms with Crippen molar-refractivity contribution in [3.05, 3.63) is 167 Å². The molecular weight excluding hydrogens is 700 g/mol. The summed E-state index contributed by atoms with van der Waals surface area (Å²) in [4.78, 5) is 52.4. The summed E-state index contributed by atoms with van der Waals surface area (Å²) in [5.74, 6) is -2.65. The van der Waals surface area contributed by atoms with E-state index in [-0.39, 0.29) is 29.2 Å². The molecule has 0 spiro atoms. The second-order valence-electron chi connectivity index (χ2n) is 13.2. The number of carbonyl (C=O) groups excluding carboxylic acids is 4. The van der Waals surface area contributed by atoms with Crippen molar-refractivity contribution in [2.24, 2.45) is 5.92 Å². The lowest BCUT2D eigenvalue weighted by atomic mass is 9.90. The van der Waals surface area contributed by atoms with Crippen LogP contribution in [0, 0.1) is 5.92 Å². The number of hydrogen-bond donors (Lipinski definition) is 0. The Morgan fingerprint density at radius 1 is 0.636 bits per heavy atom. The third-order valence-corrected chi connectivity index (χ3v) is 9.27. The van der Waals surface area contributed by atoms with Crippen molar-refractivity contribution < 1.29 is 47.6 Å². The highest BCUT2D eigenvalue weighted by atomic mass is 16.7. The van der Waals surface area contributed by atoms with E-state index in [0.29, 0.717) is 17.5 Å². The second kappa shape index (κ2) is 18.2. The molecule has 1 saturated heterocycles. The molecule has 0 radical (unpaired) electrons. The molecule has 1 heterocycles. The Hall–Kier alpha value is -6.26. The highest BCUT2D eigenvalue weighted by Gasteiger charge is 2.50. The highest BCUT2D eigenvalue weighted by molar-refractivity contribution is 5.90. The lowest BCUT2D eigenvalue weighted by Gasteiger charge is -2.44. The molecular formula is C45H42O10. The van der Waals surface area contributed by atoms with Gasteiger partial charge in [-0.1, -0.05) is 98.8 Å². The summed E-state index contributed by atoms with van der Waals surface area (Å²) < 4.78 is 36.6. The van der Waals surface area contributed by atoms with Gasteiger partial charge in [0.15, 0.2) is 6.10 Å². The van der Waals surface area contributed by atoms with Gasteiger partial charge in [0.1, 0.15) is 24.2 Å². The third-order valence-electron chi connectivity index (χ3n) is 9.27. The predicted octanol–water partition coefficient (Wildman–Crippen LogP) is 7.81. The topological polar surface area (TPSA) is 124 Å². The number of benzene rings is 5. The fourth-order valence-electron chi connectivity index (χ4n) is 6.23. The molecule has 1 aliphatic rings. The van der Waals surface area contributed by atoms with E-state index >= 15 is 0 Å². The molecule has 55 heavy (non-hydrogen) atoms. The largest absolute Gasteiger partial charge is 0.460 e. The van der Waals surface area contributed by atoms with Crippen LogP contribution in [0.3, 0.4) is 0 Å². The molecule has 1 aliphatic heterocycles. The van der Waals surface area contributed by atoms with Crippen LogP contribution in [0.5, 0.6) is 11.5 Å². The van der Waals surface area contributed by atoms with Crippen LogP contribution in [0.4, 0.5) is 0 Å². The number of aryl methyl sites for hydroxylation is 1. The molecule has 0 unspecified atom stereocenters. The molecule has 0 amide bonds. The van der Waals surface area contributed by atoms with Crippen LogP contribution >= 0.6 is 0 Å². The van der Waals surface area contributed by atoms with Gasteiger partial charge in [0.2, 0.25) is 12.4 Å². The minimum Gasteiger partial charge on any atom is -0.460 e. The van der Waals surface area contributed by atoms with E-state index in [2.05, 4.69) is 19.1 Å². The fourth-order valence-corrected chi connectivity index (χ4v) is 6.23. The molecule has 0 saturated carbocycles. The fraction of sp³-hybridized carbons (Fsp3) is 0.244. The van der Waals surface area contributed by atoms with E-state index in [0.717, 1.165) is 12.0 Å². The lowest BCUT2D eigenvalue weighted by molar-refractivity contribution is -0.259. The molecule has 10 heteroatoms. The summed E-state index contributed by atoms with van der Waals surface area (Å²) in [6, 6.07) is 38.5. The van der Waals surface area contributed by atoms with E-state index in [1.807, 2.05) is 12.1 Å². The van der Waals surface area contributed by atoms with Crippen molar-refractivity contribution >= 4 is 23.9 Å². The van der Waals surface area contributed by atoms with Crippen LogP contribution in [0.1, 0.15) is 68.5 Å². The van der Waals surface area contributed by atoms with Crippen LogP contribution in [-0.4, -0.2) is 55.1 Å². The Balaban J connectivity index is 1.39. The number of esters is 4. The van der Waals surface area contributed by atoms with Crippen LogP contribution in [-0.2, 0) is 36.6 Å². The Kier molecular flexibility index (Phi) is 12.7. The normalized spacial score (nSPS) is 19.1. The van der Waals surface area contributed by atoms with Gasteiger partial charge in [-0.3, -0.25) is 4.79 Å². The van der Waals surface area contributed by atoms with E-state index in [1.54, 1.807) is 116 Å². The maximum atomic E-state index is 13.7. The van der Waals surface area contributed by atoms with E-state index in [4.69, 9.17) is 28.4 Å². The van der Waals surface area contributed by atoms with Gasteiger partial charge in [0, 0.05) is 25.3 Å². The molecule has 0 N–H and O–H groups in total. The minimum atomic E-state index is -1.40. The van der Waals surface area contributed by atoms with Crippen LogP contribution in [0.25, 0.3) is 0 Å². The first-order chi connectivity index (χ1) is 26.7. The number of rotatable bonds is 13.